The zero-order valence-electron chi connectivity index (χ0n) is 28.8. The summed E-state index contributed by atoms with van der Waals surface area (Å²) in [7, 11) is 0. The number of carbonyl (C=O) groups excluding carboxylic acids is 2. The van der Waals surface area contributed by atoms with Gasteiger partial charge in [0.1, 0.15) is 9.98 Å². The summed E-state index contributed by atoms with van der Waals surface area (Å²) >= 11 is 12.2. The molecule has 0 spiro atoms. The van der Waals surface area contributed by atoms with E-state index in [1.54, 1.807) is 0 Å². The Labute approximate surface area is 295 Å². The van der Waals surface area contributed by atoms with Gasteiger partial charge in [0, 0.05) is 45.1 Å². The van der Waals surface area contributed by atoms with E-state index in [0.717, 1.165) is 91.0 Å². The van der Waals surface area contributed by atoms with Crippen molar-refractivity contribution in [1.29, 1.82) is 0 Å². The summed E-state index contributed by atoms with van der Waals surface area (Å²) in [6.45, 7) is 8.73. The number of hydrogen-bond acceptors (Lipinski definition) is 4. The quantitative estimate of drug-likeness (QED) is 0.0509. The van der Waals surface area contributed by atoms with Crippen molar-refractivity contribution < 1.29 is 9.59 Å². The van der Waals surface area contributed by atoms with E-state index in [1.807, 2.05) is 21.9 Å². The van der Waals surface area contributed by atoms with Crippen LogP contribution in [0.15, 0.2) is 48.5 Å². The van der Waals surface area contributed by atoms with Crippen LogP contribution in [0.4, 0.5) is 0 Å². The number of carbonyl (C=O) groups is 2. The maximum Gasteiger partial charge on any atom is 0.259 e. The predicted octanol–water partition coefficient (Wildman–Crippen LogP) is 11.5. The number of rotatable bonds is 14. The first kappa shape index (κ1) is 33.0. The molecule has 0 saturated heterocycles. The van der Waals surface area contributed by atoms with Crippen molar-refractivity contribution in [3.8, 4) is 0 Å². The van der Waals surface area contributed by atoms with Crippen molar-refractivity contribution >= 4 is 89.3 Å². The van der Waals surface area contributed by atoms with Crippen molar-refractivity contribution in [2.75, 3.05) is 0 Å². The molecule has 6 heteroatoms. The molecule has 0 radical (unpaired) electrons. The van der Waals surface area contributed by atoms with Gasteiger partial charge in [0.05, 0.1) is 0 Å². The largest absolute Gasteiger partial charge is 0.296 e. The van der Waals surface area contributed by atoms with E-state index in [2.05, 4.69) is 64.1 Å². The summed E-state index contributed by atoms with van der Waals surface area (Å²) in [6.07, 6.45) is 13.9. The molecule has 0 N–H and O–H groups in total. The average Bonchev–Trinajstić information content (AvgIpc) is 3.08. The Kier molecular flexibility index (Phi) is 9.25. The molecule has 248 valence electrons. The predicted molar refractivity (Wildman–Crippen MR) is 209 cm³/mol. The maximum atomic E-state index is 14.1. The fourth-order valence-corrected chi connectivity index (χ4v) is 9.32. The van der Waals surface area contributed by atoms with Gasteiger partial charge in [-0.25, -0.2) is 0 Å². The van der Waals surface area contributed by atoms with Gasteiger partial charge in [-0.3, -0.25) is 19.4 Å². The van der Waals surface area contributed by atoms with Crippen molar-refractivity contribution in [2.45, 2.75) is 117 Å². The van der Waals surface area contributed by atoms with Crippen LogP contribution in [0.5, 0.6) is 0 Å². The third kappa shape index (κ3) is 5.22. The van der Waals surface area contributed by atoms with Gasteiger partial charge >= 0.3 is 0 Å². The summed E-state index contributed by atoms with van der Waals surface area (Å²) in [5.74, 6) is 0.00708. The highest BCUT2D eigenvalue weighted by atomic mass is 32.1. The molecule has 2 atom stereocenters. The van der Waals surface area contributed by atoms with Crippen LogP contribution >= 0.6 is 24.4 Å². The van der Waals surface area contributed by atoms with Gasteiger partial charge in [-0.15, -0.1) is 0 Å². The number of thiocarbonyl (C=S) groups is 2. The molecule has 0 aromatic heterocycles. The van der Waals surface area contributed by atoms with Crippen LogP contribution in [0.2, 0.25) is 0 Å². The zero-order valence-corrected chi connectivity index (χ0v) is 30.4. The first-order chi connectivity index (χ1) is 23.3. The summed E-state index contributed by atoms with van der Waals surface area (Å²) in [4.78, 5) is 33.3. The molecular weight excluding hydrogens is 629 g/mol. The molecule has 0 aliphatic carbocycles. The van der Waals surface area contributed by atoms with Crippen LogP contribution < -0.4 is 0 Å². The molecule has 2 aliphatic rings. The Morgan fingerprint density at radius 2 is 0.812 bits per heavy atom. The fraction of sp³-hybridized carbons (Fsp3) is 0.429. The fourth-order valence-electron chi connectivity index (χ4n) is 8.45. The maximum absolute atomic E-state index is 14.1. The van der Waals surface area contributed by atoms with E-state index in [0.29, 0.717) is 9.98 Å². The molecule has 0 saturated carbocycles. The molecule has 0 fully saturated rings. The van der Waals surface area contributed by atoms with E-state index in [-0.39, 0.29) is 23.9 Å². The third-order valence-electron chi connectivity index (χ3n) is 11.0. The molecule has 2 amide bonds. The monoisotopic (exact) mass is 674 g/mol. The topological polar surface area (TPSA) is 40.6 Å². The van der Waals surface area contributed by atoms with Crippen LogP contribution in [-0.2, 0) is 0 Å². The Hall–Kier alpha value is -3.48. The summed E-state index contributed by atoms with van der Waals surface area (Å²) in [5, 5.41) is 8.38. The Morgan fingerprint density at radius 1 is 0.479 bits per heavy atom. The van der Waals surface area contributed by atoms with E-state index >= 15 is 0 Å². The SMILES string of the molecule is CCCCCCC[C@@H](C)N1C(=O)c2ccc3c4ccc5c6c(ccc(c7ccc(c2c37)C1=S)c64)C(=O)N([C@H](C)CCCCCCC)C5=S. The van der Waals surface area contributed by atoms with Gasteiger partial charge in [-0.1, -0.05) is 139 Å². The van der Waals surface area contributed by atoms with Crippen molar-refractivity contribution in [3.05, 3.63) is 70.8 Å². The number of fused-ring (bicyclic) bond motifs is 2. The number of amides is 2. The zero-order chi connectivity index (χ0) is 33.7. The lowest BCUT2D eigenvalue weighted by molar-refractivity contribution is 0.0798. The van der Waals surface area contributed by atoms with Crippen molar-refractivity contribution in [2.24, 2.45) is 0 Å². The average molecular weight is 675 g/mol. The molecule has 4 nitrogen and oxygen atoms in total. The lowest BCUT2D eigenvalue weighted by Gasteiger charge is -2.36. The first-order valence-electron chi connectivity index (χ1n) is 18.3. The summed E-state index contributed by atoms with van der Waals surface area (Å²) in [5.41, 5.74) is 3.37. The minimum atomic E-state index is 0.00354. The first-order valence-corrected chi connectivity index (χ1v) is 19.1. The highest BCUT2D eigenvalue weighted by molar-refractivity contribution is 7.81. The number of benzene rings is 5. The minimum Gasteiger partial charge on any atom is -0.296 e. The second-order valence-corrected chi connectivity index (χ2v) is 15.0. The molecule has 5 aromatic carbocycles. The van der Waals surface area contributed by atoms with Crippen LogP contribution in [0, 0.1) is 0 Å². The van der Waals surface area contributed by atoms with Gasteiger partial charge in [0.25, 0.3) is 11.8 Å². The third-order valence-corrected chi connectivity index (χ3v) is 11.9. The summed E-state index contributed by atoms with van der Waals surface area (Å²) < 4.78 is 0. The number of unbranched alkanes of at least 4 members (excludes halogenated alkanes) is 8. The van der Waals surface area contributed by atoms with Crippen LogP contribution in [-0.4, -0.2) is 43.7 Å². The van der Waals surface area contributed by atoms with Crippen LogP contribution in [0.1, 0.15) is 137 Å². The number of nitrogens with zero attached hydrogens (tertiary/aromatic N) is 2. The van der Waals surface area contributed by atoms with Crippen molar-refractivity contribution in [1.82, 2.24) is 9.80 Å². The second kappa shape index (κ2) is 13.4. The van der Waals surface area contributed by atoms with Gasteiger partial charge in [0.2, 0.25) is 0 Å². The van der Waals surface area contributed by atoms with E-state index in [4.69, 9.17) is 24.4 Å². The highest BCUT2D eigenvalue weighted by Crippen LogP contribution is 2.47. The van der Waals surface area contributed by atoms with E-state index < -0.39 is 0 Å². The van der Waals surface area contributed by atoms with Gasteiger partial charge in [-0.2, -0.15) is 0 Å². The van der Waals surface area contributed by atoms with Crippen LogP contribution in [0.3, 0.4) is 0 Å². The summed E-state index contributed by atoms with van der Waals surface area (Å²) in [6, 6.07) is 16.9. The smallest absolute Gasteiger partial charge is 0.259 e. The minimum absolute atomic E-state index is 0.00354. The highest BCUT2D eigenvalue weighted by Gasteiger charge is 2.37. The molecule has 48 heavy (non-hydrogen) atoms. The molecule has 5 aromatic rings. The number of hydrogen-bond donors (Lipinski definition) is 0. The van der Waals surface area contributed by atoms with Gasteiger partial charge < -0.3 is 0 Å². The Morgan fingerprint density at radius 3 is 1.17 bits per heavy atom. The van der Waals surface area contributed by atoms with Gasteiger partial charge in [-0.05, 0) is 71.1 Å². The Balaban J connectivity index is 1.29. The molecular formula is C42H46N2O2S2. The normalized spacial score (nSPS) is 16.0. The molecule has 7 rings (SSSR count). The molecule has 0 bridgehead atoms. The lowest BCUT2D eigenvalue weighted by Crippen LogP contribution is -2.45. The standard InChI is InChI=1S/C42H46N2O2S2/c1-5-7-9-11-13-15-25(3)43-39(45)31-21-17-27-30-20-24-34-38-32(40(46)44(42(34)48)26(4)16-14-12-10-8-6-2)22-18-28(36(30)38)29-19-23-33(41(43)47)37(31)35(27)29/h17-26H,5-16H2,1-4H3/t25-,26-/m1/s1. The Bertz CT molecular complexity index is 1830. The lowest BCUT2D eigenvalue weighted by atomic mass is 9.82. The van der Waals surface area contributed by atoms with Gasteiger partial charge in [0.15, 0.2) is 0 Å². The molecule has 0 unspecified atom stereocenters. The molecule has 2 heterocycles. The van der Waals surface area contributed by atoms with Crippen molar-refractivity contribution in [3.63, 3.8) is 0 Å². The van der Waals surface area contributed by atoms with E-state index in [1.165, 1.54) is 51.4 Å². The second-order valence-electron chi connectivity index (χ2n) is 14.2. The van der Waals surface area contributed by atoms with E-state index in [9.17, 15) is 9.59 Å². The molecule has 2 aliphatic heterocycles. The van der Waals surface area contributed by atoms with Crippen LogP contribution in [0.25, 0.3) is 43.1 Å².